The summed E-state index contributed by atoms with van der Waals surface area (Å²) in [6.07, 6.45) is 0. The highest BCUT2D eigenvalue weighted by Gasteiger charge is 2.14. The number of halogens is 2. The van der Waals surface area contributed by atoms with Crippen molar-refractivity contribution in [3.8, 4) is 5.75 Å². The van der Waals surface area contributed by atoms with Gasteiger partial charge in [0.05, 0.1) is 18.4 Å². The number of amides is 1. The molecule has 0 spiro atoms. The molecule has 0 aromatic heterocycles. The van der Waals surface area contributed by atoms with Crippen molar-refractivity contribution in [1.29, 1.82) is 0 Å². The van der Waals surface area contributed by atoms with Crippen LogP contribution in [0.2, 0.25) is 5.02 Å². The molecule has 0 radical (unpaired) electrons. The van der Waals surface area contributed by atoms with E-state index in [1.165, 1.54) is 7.11 Å². The van der Waals surface area contributed by atoms with Crippen LogP contribution in [-0.4, -0.2) is 13.0 Å². The van der Waals surface area contributed by atoms with Gasteiger partial charge in [-0.05, 0) is 52.3 Å². The summed E-state index contributed by atoms with van der Waals surface area (Å²) in [6.45, 7) is 0. The fourth-order valence-electron chi connectivity index (χ4n) is 1.69. The molecule has 0 saturated carbocycles. The first-order valence-corrected chi connectivity index (χ1v) is 6.88. The summed E-state index contributed by atoms with van der Waals surface area (Å²) >= 11 is 9.27. The number of anilines is 2. The molecule has 20 heavy (non-hydrogen) atoms. The van der Waals surface area contributed by atoms with Crippen molar-refractivity contribution in [3.05, 3.63) is 51.5 Å². The number of nitrogens with two attached hydrogens (primary N) is 1. The number of nitrogen functional groups attached to an aromatic ring is 1. The van der Waals surface area contributed by atoms with Crippen molar-refractivity contribution in [3.63, 3.8) is 0 Å². The van der Waals surface area contributed by atoms with E-state index in [0.717, 1.165) is 4.47 Å². The average molecular weight is 356 g/mol. The minimum absolute atomic E-state index is 0.322. The highest BCUT2D eigenvalue weighted by molar-refractivity contribution is 9.10. The van der Waals surface area contributed by atoms with Crippen LogP contribution in [0, 0.1) is 0 Å². The van der Waals surface area contributed by atoms with E-state index in [0.29, 0.717) is 27.7 Å². The Kier molecular flexibility index (Phi) is 4.52. The predicted octanol–water partition coefficient (Wildman–Crippen LogP) is 3.95. The highest BCUT2D eigenvalue weighted by atomic mass is 79.9. The molecule has 0 saturated heterocycles. The monoisotopic (exact) mass is 354 g/mol. The molecular weight excluding hydrogens is 344 g/mol. The van der Waals surface area contributed by atoms with Crippen LogP contribution in [0.25, 0.3) is 0 Å². The molecule has 3 N–H and O–H groups in total. The molecule has 104 valence electrons. The summed E-state index contributed by atoms with van der Waals surface area (Å²) in [4.78, 5) is 12.3. The van der Waals surface area contributed by atoms with Crippen molar-refractivity contribution in [2.24, 2.45) is 0 Å². The minimum atomic E-state index is -0.322. The summed E-state index contributed by atoms with van der Waals surface area (Å²) < 4.78 is 5.89. The van der Waals surface area contributed by atoms with E-state index in [-0.39, 0.29) is 5.91 Å². The van der Waals surface area contributed by atoms with Crippen LogP contribution in [0.5, 0.6) is 5.75 Å². The zero-order chi connectivity index (χ0) is 14.7. The summed E-state index contributed by atoms with van der Waals surface area (Å²) in [5.74, 6) is 0.131. The number of nitrogens with one attached hydrogen (secondary N) is 1. The second kappa shape index (κ2) is 6.15. The van der Waals surface area contributed by atoms with Gasteiger partial charge in [-0.3, -0.25) is 4.79 Å². The lowest BCUT2D eigenvalue weighted by Crippen LogP contribution is -2.14. The van der Waals surface area contributed by atoms with Crippen LogP contribution in [0.1, 0.15) is 10.4 Å². The maximum Gasteiger partial charge on any atom is 0.259 e. The highest BCUT2D eigenvalue weighted by Crippen LogP contribution is 2.28. The SMILES string of the molecule is COc1ccc(N)cc1C(=O)Nc1cc(Cl)ccc1Br. The molecule has 0 aliphatic rings. The van der Waals surface area contributed by atoms with Gasteiger partial charge in [0.25, 0.3) is 5.91 Å². The van der Waals surface area contributed by atoms with E-state index in [4.69, 9.17) is 22.1 Å². The zero-order valence-electron chi connectivity index (χ0n) is 10.6. The molecule has 0 fully saturated rings. The Labute approximate surface area is 130 Å². The van der Waals surface area contributed by atoms with Crippen molar-refractivity contribution in [2.45, 2.75) is 0 Å². The lowest BCUT2D eigenvalue weighted by Gasteiger charge is -2.11. The Morgan fingerprint density at radius 2 is 2.05 bits per heavy atom. The fourth-order valence-corrected chi connectivity index (χ4v) is 2.20. The van der Waals surface area contributed by atoms with Gasteiger partial charge in [-0.2, -0.15) is 0 Å². The lowest BCUT2D eigenvalue weighted by atomic mass is 10.1. The molecule has 0 aliphatic heterocycles. The zero-order valence-corrected chi connectivity index (χ0v) is 13.0. The number of carbonyl (C=O) groups excluding carboxylic acids is 1. The molecule has 0 heterocycles. The second-order valence-corrected chi connectivity index (χ2v) is 5.33. The van der Waals surface area contributed by atoms with Crippen LogP contribution >= 0.6 is 27.5 Å². The maximum atomic E-state index is 12.3. The van der Waals surface area contributed by atoms with Gasteiger partial charge in [-0.25, -0.2) is 0 Å². The van der Waals surface area contributed by atoms with Gasteiger partial charge in [0.1, 0.15) is 5.75 Å². The molecule has 4 nitrogen and oxygen atoms in total. The van der Waals surface area contributed by atoms with E-state index < -0.39 is 0 Å². The Bertz CT molecular complexity index is 662. The van der Waals surface area contributed by atoms with E-state index in [1.54, 1.807) is 36.4 Å². The number of methoxy groups -OCH3 is 1. The third kappa shape index (κ3) is 3.23. The number of hydrogen-bond acceptors (Lipinski definition) is 3. The third-order valence-electron chi connectivity index (χ3n) is 2.64. The molecule has 0 unspecified atom stereocenters. The first kappa shape index (κ1) is 14.7. The molecular formula is C14H12BrClN2O2. The third-order valence-corrected chi connectivity index (χ3v) is 3.57. The molecule has 2 rings (SSSR count). The number of benzene rings is 2. The first-order chi connectivity index (χ1) is 9.51. The van der Waals surface area contributed by atoms with Gasteiger partial charge in [-0.15, -0.1) is 0 Å². The number of rotatable bonds is 3. The van der Waals surface area contributed by atoms with Gasteiger partial charge in [0.15, 0.2) is 0 Å². The Morgan fingerprint density at radius 1 is 1.30 bits per heavy atom. The van der Waals surface area contributed by atoms with Gasteiger partial charge in [0, 0.05) is 15.2 Å². The topological polar surface area (TPSA) is 64.3 Å². The average Bonchev–Trinajstić information content (AvgIpc) is 2.42. The quantitative estimate of drug-likeness (QED) is 0.820. The molecule has 1 amide bonds. The molecule has 2 aromatic carbocycles. The van der Waals surface area contributed by atoms with Crippen LogP contribution in [0.15, 0.2) is 40.9 Å². The largest absolute Gasteiger partial charge is 0.496 e. The second-order valence-electron chi connectivity index (χ2n) is 4.04. The standard InChI is InChI=1S/C14H12BrClN2O2/c1-20-13-5-3-9(17)7-10(13)14(19)18-12-6-8(16)2-4-11(12)15/h2-7H,17H2,1H3,(H,18,19). The van der Waals surface area contributed by atoms with Gasteiger partial charge < -0.3 is 15.8 Å². The molecule has 2 aromatic rings. The Hall–Kier alpha value is -1.72. The van der Waals surface area contributed by atoms with Crippen molar-refractivity contribution in [2.75, 3.05) is 18.2 Å². The summed E-state index contributed by atoms with van der Waals surface area (Å²) in [6, 6.07) is 10.0. The first-order valence-electron chi connectivity index (χ1n) is 5.71. The summed E-state index contributed by atoms with van der Waals surface area (Å²) in [5, 5.41) is 3.29. The van der Waals surface area contributed by atoms with E-state index in [1.807, 2.05) is 0 Å². The number of ether oxygens (including phenoxy) is 1. The van der Waals surface area contributed by atoms with Gasteiger partial charge in [-0.1, -0.05) is 11.6 Å². The minimum Gasteiger partial charge on any atom is -0.496 e. The van der Waals surface area contributed by atoms with Crippen molar-refractivity contribution < 1.29 is 9.53 Å². The molecule has 0 atom stereocenters. The summed E-state index contributed by atoms with van der Waals surface area (Å²) in [7, 11) is 1.50. The van der Waals surface area contributed by atoms with Crippen LogP contribution in [0.4, 0.5) is 11.4 Å². The number of hydrogen-bond donors (Lipinski definition) is 2. The van der Waals surface area contributed by atoms with E-state index in [2.05, 4.69) is 21.2 Å². The van der Waals surface area contributed by atoms with Crippen LogP contribution in [0.3, 0.4) is 0 Å². The number of carbonyl (C=O) groups is 1. The summed E-state index contributed by atoms with van der Waals surface area (Å²) in [5.41, 5.74) is 7.13. The fraction of sp³-hybridized carbons (Fsp3) is 0.0714. The Morgan fingerprint density at radius 3 is 2.75 bits per heavy atom. The van der Waals surface area contributed by atoms with Crippen LogP contribution < -0.4 is 15.8 Å². The van der Waals surface area contributed by atoms with E-state index in [9.17, 15) is 4.79 Å². The van der Waals surface area contributed by atoms with Crippen molar-refractivity contribution >= 4 is 44.8 Å². The van der Waals surface area contributed by atoms with Crippen LogP contribution in [-0.2, 0) is 0 Å². The lowest BCUT2D eigenvalue weighted by molar-refractivity contribution is 0.102. The maximum absolute atomic E-state index is 12.3. The smallest absolute Gasteiger partial charge is 0.259 e. The predicted molar refractivity (Wildman–Crippen MR) is 84.5 cm³/mol. The van der Waals surface area contributed by atoms with Gasteiger partial charge >= 0.3 is 0 Å². The normalized spacial score (nSPS) is 10.2. The molecule has 0 aliphatic carbocycles. The Balaban J connectivity index is 2.32. The molecule has 0 bridgehead atoms. The molecule has 6 heteroatoms. The van der Waals surface area contributed by atoms with Gasteiger partial charge in [0.2, 0.25) is 0 Å². The van der Waals surface area contributed by atoms with E-state index >= 15 is 0 Å². The van der Waals surface area contributed by atoms with Crippen molar-refractivity contribution in [1.82, 2.24) is 0 Å².